The summed E-state index contributed by atoms with van der Waals surface area (Å²) in [5.74, 6) is 0.806. The van der Waals surface area contributed by atoms with Crippen molar-refractivity contribution >= 4 is 6.09 Å². The Bertz CT molecular complexity index is 507. The molecule has 1 saturated heterocycles. The van der Waals surface area contributed by atoms with E-state index < -0.39 is 5.60 Å². The lowest BCUT2D eigenvalue weighted by atomic mass is 10.2. The molecule has 0 spiro atoms. The van der Waals surface area contributed by atoms with Gasteiger partial charge in [0.25, 0.3) is 0 Å². The number of benzene rings is 1. The van der Waals surface area contributed by atoms with E-state index in [0.29, 0.717) is 13.2 Å². The van der Waals surface area contributed by atoms with Crippen LogP contribution in [0.4, 0.5) is 4.79 Å². The van der Waals surface area contributed by atoms with Gasteiger partial charge in [0.1, 0.15) is 18.0 Å². The minimum absolute atomic E-state index is 0.0727. The van der Waals surface area contributed by atoms with Crippen LogP contribution in [0.25, 0.3) is 0 Å². The maximum absolute atomic E-state index is 12.2. The number of likely N-dealkylation sites (tertiary alicyclic amines) is 1. The molecule has 1 aliphatic heterocycles. The first-order valence-electron chi connectivity index (χ1n) is 8.09. The van der Waals surface area contributed by atoms with E-state index in [0.717, 1.165) is 30.7 Å². The summed E-state index contributed by atoms with van der Waals surface area (Å²) in [6.45, 7) is 7.46. The van der Waals surface area contributed by atoms with Gasteiger partial charge in [-0.3, -0.25) is 0 Å². The quantitative estimate of drug-likeness (QED) is 0.831. The topological polar surface area (TPSA) is 48.0 Å². The van der Waals surface area contributed by atoms with Crippen LogP contribution in [-0.4, -0.2) is 42.9 Å². The Hall–Kier alpha value is -1.75. The second-order valence-corrected chi connectivity index (χ2v) is 6.86. The van der Waals surface area contributed by atoms with Crippen molar-refractivity contribution in [3.63, 3.8) is 0 Å². The molecule has 2 rings (SSSR count). The molecule has 1 fully saturated rings. The monoisotopic (exact) mass is 321 g/mol. The first-order chi connectivity index (χ1) is 10.9. The lowest BCUT2D eigenvalue weighted by Gasteiger charge is -2.28. The summed E-state index contributed by atoms with van der Waals surface area (Å²) in [5.41, 5.74) is 0.638. The van der Waals surface area contributed by atoms with Gasteiger partial charge in [0.15, 0.2) is 0 Å². The molecule has 0 unspecified atom stereocenters. The van der Waals surface area contributed by atoms with E-state index in [1.54, 1.807) is 12.0 Å². The second-order valence-electron chi connectivity index (χ2n) is 6.86. The van der Waals surface area contributed by atoms with Crippen molar-refractivity contribution in [3.05, 3.63) is 29.8 Å². The van der Waals surface area contributed by atoms with Crippen LogP contribution >= 0.6 is 0 Å². The van der Waals surface area contributed by atoms with Gasteiger partial charge in [-0.15, -0.1) is 0 Å². The third-order valence-electron chi connectivity index (χ3n) is 3.68. The van der Waals surface area contributed by atoms with Crippen molar-refractivity contribution in [3.8, 4) is 5.75 Å². The third kappa shape index (κ3) is 5.43. The molecule has 23 heavy (non-hydrogen) atoms. The SMILES string of the molecule is COCc1ccc(OC[C@@H]2CCCN2C(=O)OC(C)(C)C)cc1. The van der Waals surface area contributed by atoms with Crippen molar-refractivity contribution in [2.45, 2.75) is 51.9 Å². The van der Waals surface area contributed by atoms with Gasteiger partial charge in [-0.25, -0.2) is 4.79 Å². The number of hydrogen-bond donors (Lipinski definition) is 0. The van der Waals surface area contributed by atoms with Gasteiger partial charge in [-0.05, 0) is 51.3 Å². The summed E-state index contributed by atoms with van der Waals surface area (Å²) in [6, 6.07) is 7.91. The molecule has 128 valence electrons. The molecule has 0 aromatic heterocycles. The van der Waals surface area contributed by atoms with Crippen molar-refractivity contribution in [1.29, 1.82) is 0 Å². The van der Waals surface area contributed by atoms with Gasteiger partial charge in [-0.2, -0.15) is 0 Å². The van der Waals surface area contributed by atoms with Crippen LogP contribution < -0.4 is 4.74 Å². The fraction of sp³-hybridized carbons (Fsp3) is 0.611. The van der Waals surface area contributed by atoms with Crippen molar-refractivity contribution < 1.29 is 19.0 Å². The molecule has 1 atom stereocenters. The van der Waals surface area contributed by atoms with Gasteiger partial charge < -0.3 is 19.1 Å². The molecule has 1 aromatic carbocycles. The minimum Gasteiger partial charge on any atom is -0.491 e. The smallest absolute Gasteiger partial charge is 0.410 e. The van der Waals surface area contributed by atoms with Crippen LogP contribution in [0.1, 0.15) is 39.2 Å². The Morgan fingerprint density at radius 3 is 2.57 bits per heavy atom. The number of nitrogens with zero attached hydrogens (tertiary/aromatic N) is 1. The standard InChI is InChI=1S/C18H27NO4/c1-18(2,3)23-17(20)19-11-5-6-15(19)13-22-16-9-7-14(8-10-16)12-21-4/h7-10,15H,5-6,11-13H2,1-4H3/t15-/m0/s1. The molecular weight excluding hydrogens is 294 g/mol. The Balaban J connectivity index is 1.87. The molecule has 1 aromatic rings. The van der Waals surface area contributed by atoms with Crippen molar-refractivity contribution in [2.24, 2.45) is 0 Å². The summed E-state index contributed by atoms with van der Waals surface area (Å²) in [7, 11) is 1.68. The summed E-state index contributed by atoms with van der Waals surface area (Å²) in [6.07, 6.45) is 1.68. The Labute approximate surface area is 138 Å². The maximum atomic E-state index is 12.2. The predicted octanol–water partition coefficient (Wildman–Crippen LogP) is 3.61. The first kappa shape index (κ1) is 17.6. The van der Waals surface area contributed by atoms with Crippen LogP contribution in [0.15, 0.2) is 24.3 Å². The number of ether oxygens (including phenoxy) is 3. The summed E-state index contributed by atoms with van der Waals surface area (Å²) < 4.78 is 16.4. The van der Waals surface area contributed by atoms with Crippen LogP contribution in [-0.2, 0) is 16.1 Å². The number of amides is 1. The average Bonchev–Trinajstić information content (AvgIpc) is 2.94. The first-order valence-corrected chi connectivity index (χ1v) is 8.09. The van der Waals surface area contributed by atoms with Gasteiger partial charge in [0.05, 0.1) is 12.6 Å². The van der Waals surface area contributed by atoms with Crippen LogP contribution in [0, 0.1) is 0 Å². The van der Waals surface area contributed by atoms with Crippen molar-refractivity contribution in [2.75, 3.05) is 20.3 Å². The van der Waals surface area contributed by atoms with E-state index in [2.05, 4.69) is 0 Å². The Morgan fingerprint density at radius 1 is 1.26 bits per heavy atom. The summed E-state index contributed by atoms with van der Waals surface area (Å²) >= 11 is 0. The maximum Gasteiger partial charge on any atom is 0.410 e. The normalized spacial score (nSPS) is 18.1. The van der Waals surface area contributed by atoms with Gasteiger partial charge in [0.2, 0.25) is 0 Å². The number of hydrogen-bond acceptors (Lipinski definition) is 4. The highest BCUT2D eigenvalue weighted by atomic mass is 16.6. The molecule has 0 bridgehead atoms. The average molecular weight is 321 g/mol. The molecular formula is C18H27NO4. The molecule has 5 heteroatoms. The summed E-state index contributed by atoms with van der Waals surface area (Å²) in [4.78, 5) is 14.0. The number of methoxy groups -OCH3 is 1. The van der Waals surface area contributed by atoms with Crippen LogP contribution in [0.5, 0.6) is 5.75 Å². The molecule has 5 nitrogen and oxygen atoms in total. The van der Waals surface area contributed by atoms with E-state index in [1.165, 1.54) is 0 Å². The summed E-state index contributed by atoms with van der Waals surface area (Å²) in [5, 5.41) is 0. The Morgan fingerprint density at radius 2 is 1.96 bits per heavy atom. The predicted molar refractivity (Wildman–Crippen MR) is 88.6 cm³/mol. The molecule has 0 saturated carbocycles. The Kier molecular flexibility index (Phi) is 5.88. The van der Waals surface area contributed by atoms with E-state index in [9.17, 15) is 4.79 Å². The zero-order valence-electron chi connectivity index (χ0n) is 14.5. The van der Waals surface area contributed by atoms with Crippen LogP contribution in [0.3, 0.4) is 0 Å². The number of carbonyl (C=O) groups is 1. The number of rotatable bonds is 5. The highest BCUT2D eigenvalue weighted by Gasteiger charge is 2.32. The molecule has 0 radical (unpaired) electrons. The fourth-order valence-corrected chi connectivity index (χ4v) is 2.61. The highest BCUT2D eigenvalue weighted by molar-refractivity contribution is 5.69. The van der Waals surface area contributed by atoms with Gasteiger partial charge in [-0.1, -0.05) is 12.1 Å². The second kappa shape index (κ2) is 7.68. The fourth-order valence-electron chi connectivity index (χ4n) is 2.61. The molecule has 1 amide bonds. The van der Waals surface area contributed by atoms with Gasteiger partial charge >= 0.3 is 6.09 Å². The van der Waals surface area contributed by atoms with Crippen LogP contribution in [0.2, 0.25) is 0 Å². The zero-order chi connectivity index (χ0) is 16.9. The molecule has 0 aliphatic carbocycles. The van der Waals surface area contributed by atoms with E-state index >= 15 is 0 Å². The molecule has 1 aliphatic rings. The lowest BCUT2D eigenvalue weighted by molar-refractivity contribution is 0.0187. The highest BCUT2D eigenvalue weighted by Crippen LogP contribution is 2.22. The zero-order valence-corrected chi connectivity index (χ0v) is 14.5. The molecule has 0 N–H and O–H groups in total. The molecule has 1 heterocycles. The van der Waals surface area contributed by atoms with E-state index in [4.69, 9.17) is 14.2 Å². The largest absolute Gasteiger partial charge is 0.491 e. The third-order valence-corrected chi connectivity index (χ3v) is 3.68. The van der Waals surface area contributed by atoms with E-state index in [1.807, 2.05) is 45.0 Å². The van der Waals surface area contributed by atoms with Crippen molar-refractivity contribution in [1.82, 2.24) is 4.90 Å². The number of carbonyl (C=O) groups excluding carboxylic acids is 1. The lowest BCUT2D eigenvalue weighted by Crippen LogP contribution is -2.42. The minimum atomic E-state index is -0.470. The van der Waals surface area contributed by atoms with Gasteiger partial charge in [0, 0.05) is 13.7 Å². The van der Waals surface area contributed by atoms with E-state index in [-0.39, 0.29) is 12.1 Å².